The predicted molar refractivity (Wildman–Crippen MR) is 457 cm³/mol. The molecule has 30 rings (SSSR count). The van der Waals surface area contributed by atoms with E-state index in [0.29, 0.717) is 5.92 Å². The summed E-state index contributed by atoms with van der Waals surface area (Å²) in [5.41, 5.74) is 44.2. The molecule has 0 saturated carbocycles. The molecule has 546 valence electrons. The van der Waals surface area contributed by atoms with Crippen LogP contribution in [-0.2, 0) is 32.7 Å². The normalized spacial score (nSPS) is 15.2. The standard InChI is InChI=1S/C21H18BN2O.3C19H14BN2O.C18H12BN2O/c1-13(2)15-10-18-21-20-14(11-23(21)12-15)6-5-7-16(20)22-24(18)17-8-3-4-9-19(17)25-22;1-12-7-8-17-16(10-12)22-15-6-3-9-21-11-13-4-2-5-14(20(22)23-17)18(13)19(15)21;1-12-9-16-19-18-13(11-21(19)10-12)5-4-6-14(18)20-22(16)15-7-2-3-8-17(15)23-20;1-12-9-13-11-21-8-4-6-16-19(21)18(13)14(10-12)20-22(16)15-5-2-3-7-17(15)23-20;1-2-9-16-14(7-1)21-15-8-4-10-20-11-12-5-3-6-13(19(21)22-16)17(12)18(15)20/h3-10,12-13H,11H2,1-2H3;3*2-10H,11H2,1H3;1-10H,11H2/q5*+1. The molecular formula is C96H72B5N10O5+5. The molecule has 20 heteroatoms. The van der Waals surface area contributed by atoms with Gasteiger partial charge < -0.3 is 47.3 Å². The number of para-hydroxylation sites is 8. The van der Waals surface area contributed by atoms with E-state index in [0.717, 1.165) is 78.5 Å². The molecule has 15 aliphatic heterocycles. The van der Waals surface area contributed by atoms with Crippen molar-refractivity contribution in [2.75, 3.05) is 24.1 Å². The first kappa shape index (κ1) is 64.8. The largest absolute Gasteiger partial charge is 0.536 e. The average Bonchev–Trinajstić information content (AvgIpc) is 1.56. The van der Waals surface area contributed by atoms with Gasteiger partial charge in [0.15, 0.2) is 63.7 Å². The minimum atomic E-state index is -0.0613. The van der Waals surface area contributed by atoms with Gasteiger partial charge in [0.05, 0.1) is 56.3 Å². The maximum Gasteiger partial charge on any atom is 0.525 e. The molecular weight excluding hydrogens is 1430 g/mol. The highest BCUT2D eigenvalue weighted by Gasteiger charge is 2.57. The third-order valence-corrected chi connectivity index (χ3v) is 26.1. The topological polar surface area (TPSA) is 81.8 Å². The number of hydrogen-bond acceptors (Lipinski definition) is 10. The number of aromatic nitrogens is 5. The lowest BCUT2D eigenvalue weighted by atomic mass is 9.65. The molecule has 15 nitrogen and oxygen atoms in total. The van der Waals surface area contributed by atoms with Crippen molar-refractivity contribution in [2.45, 2.75) is 73.3 Å². The van der Waals surface area contributed by atoms with Crippen LogP contribution in [0.2, 0.25) is 0 Å². The second kappa shape index (κ2) is 23.7. The fourth-order valence-electron chi connectivity index (χ4n) is 21.5. The molecule has 20 heterocycles. The van der Waals surface area contributed by atoms with E-state index in [9.17, 15) is 0 Å². The summed E-state index contributed by atoms with van der Waals surface area (Å²) in [5, 5.41) is 0. The molecule has 10 aromatic carbocycles. The molecule has 116 heavy (non-hydrogen) atoms. The van der Waals surface area contributed by atoms with Gasteiger partial charge in [0.2, 0.25) is 28.5 Å². The van der Waals surface area contributed by atoms with E-state index < -0.39 is 0 Å². The van der Waals surface area contributed by atoms with Crippen molar-refractivity contribution >= 4 is 119 Å². The van der Waals surface area contributed by atoms with Gasteiger partial charge in [-0.05, 0) is 129 Å². The highest BCUT2D eigenvalue weighted by Crippen LogP contribution is 2.55. The minimum absolute atomic E-state index is 0.0474. The minimum Gasteiger partial charge on any atom is -0.536 e. The highest BCUT2D eigenvalue weighted by atomic mass is 16.5. The Bertz CT molecular complexity index is 6980. The number of nitrogens with zero attached hydrogens (tertiary/aromatic N) is 10. The molecule has 0 atom stereocenters. The van der Waals surface area contributed by atoms with Crippen LogP contribution >= 0.6 is 0 Å². The Balaban J connectivity index is 0.0000000794. The quantitative estimate of drug-likeness (QED) is 0.117. The molecule has 0 radical (unpaired) electrons. The Labute approximate surface area is 673 Å². The molecule has 0 spiro atoms. The number of aryl methyl sites for hydroxylation is 3. The first-order valence-electron chi connectivity index (χ1n) is 40.6. The highest BCUT2D eigenvalue weighted by molar-refractivity contribution is 6.80. The molecule has 0 unspecified atom stereocenters. The van der Waals surface area contributed by atoms with E-state index in [1.807, 2.05) is 24.3 Å². The van der Waals surface area contributed by atoms with Gasteiger partial charge >= 0.3 is 35.3 Å². The fraction of sp³-hybridized carbons (Fsp3) is 0.115. The first-order chi connectivity index (χ1) is 57.1. The first-order valence-corrected chi connectivity index (χ1v) is 40.6. The third-order valence-electron chi connectivity index (χ3n) is 26.1. The van der Waals surface area contributed by atoms with Crippen LogP contribution in [0.1, 0.15) is 69.8 Å². The number of fused-ring (bicyclic) bond motifs is 25. The summed E-state index contributed by atoms with van der Waals surface area (Å²) < 4.78 is 43.6. The van der Waals surface area contributed by atoms with E-state index in [4.69, 9.17) is 23.3 Å². The van der Waals surface area contributed by atoms with Crippen LogP contribution < -0.4 is 97.5 Å². The summed E-state index contributed by atoms with van der Waals surface area (Å²) in [6, 6.07) is 88.5. The molecule has 0 bridgehead atoms. The number of benzene rings is 10. The van der Waals surface area contributed by atoms with Crippen LogP contribution in [0.25, 0.3) is 56.3 Å². The average molecular weight is 1500 g/mol. The zero-order valence-corrected chi connectivity index (χ0v) is 64.6. The smallest absolute Gasteiger partial charge is 0.525 e. The summed E-state index contributed by atoms with van der Waals surface area (Å²) in [6.07, 6.45) is 11.1. The Kier molecular flexibility index (Phi) is 13.2. The lowest BCUT2D eigenvalue weighted by Gasteiger charge is -2.28. The van der Waals surface area contributed by atoms with Crippen molar-refractivity contribution in [3.63, 3.8) is 0 Å². The van der Waals surface area contributed by atoms with Crippen molar-refractivity contribution in [2.24, 2.45) is 0 Å². The van der Waals surface area contributed by atoms with Gasteiger partial charge in [-0.1, -0.05) is 153 Å². The molecule has 15 aliphatic rings. The number of anilines is 10. The van der Waals surface area contributed by atoms with Crippen LogP contribution in [0.4, 0.5) is 56.9 Å². The van der Waals surface area contributed by atoms with Gasteiger partial charge in [0.1, 0.15) is 57.2 Å². The van der Waals surface area contributed by atoms with Gasteiger partial charge in [-0.25, -0.2) is 0 Å². The van der Waals surface area contributed by atoms with Crippen molar-refractivity contribution in [1.82, 2.24) is 0 Å². The molecule has 15 aromatic rings. The van der Waals surface area contributed by atoms with Crippen LogP contribution in [-0.4, -0.2) is 35.3 Å². The Hall–Kier alpha value is -13.7. The molecule has 0 amide bonds. The zero-order valence-electron chi connectivity index (χ0n) is 64.6. The Morgan fingerprint density at radius 2 is 0.586 bits per heavy atom. The second-order valence-corrected chi connectivity index (χ2v) is 33.2. The van der Waals surface area contributed by atoms with E-state index >= 15 is 0 Å². The van der Waals surface area contributed by atoms with Gasteiger partial charge in [0.25, 0.3) is 0 Å². The molecule has 0 aliphatic carbocycles. The van der Waals surface area contributed by atoms with Gasteiger partial charge in [-0.15, -0.1) is 0 Å². The molecule has 0 fully saturated rings. The molecule has 0 N–H and O–H groups in total. The second-order valence-electron chi connectivity index (χ2n) is 33.2. The van der Waals surface area contributed by atoms with Gasteiger partial charge in [0, 0.05) is 84.5 Å². The number of hydrogen-bond donors (Lipinski definition) is 0. The van der Waals surface area contributed by atoms with Crippen LogP contribution in [0.3, 0.4) is 0 Å². The maximum absolute atomic E-state index is 6.39. The summed E-state index contributed by atoms with van der Waals surface area (Å²) >= 11 is 0. The van der Waals surface area contributed by atoms with E-state index in [2.05, 4.69) is 337 Å². The summed E-state index contributed by atoms with van der Waals surface area (Å²) in [5.74, 6) is 5.34. The lowest BCUT2D eigenvalue weighted by Crippen LogP contribution is -2.51. The predicted octanol–water partition coefficient (Wildman–Crippen LogP) is 13.3. The maximum atomic E-state index is 6.39. The monoisotopic (exact) mass is 1500 g/mol. The lowest BCUT2D eigenvalue weighted by molar-refractivity contribution is -0.672. The molecule has 5 aromatic heterocycles. The van der Waals surface area contributed by atoms with Gasteiger partial charge in [-0.3, -0.25) is 0 Å². The van der Waals surface area contributed by atoms with Crippen LogP contribution in [0.5, 0.6) is 28.7 Å². The van der Waals surface area contributed by atoms with Crippen LogP contribution in [0.15, 0.2) is 280 Å². The van der Waals surface area contributed by atoms with Gasteiger partial charge in [-0.2, -0.15) is 22.8 Å². The van der Waals surface area contributed by atoms with E-state index in [1.54, 1.807) is 0 Å². The Morgan fingerprint density at radius 3 is 1.02 bits per heavy atom. The van der Waals surface area contributed by atoms with E-state index in [1.165, 1.54) is 173 Å². The van der Waals surface area contributed by atoms with E-state index in [-0.39, 0.29) is 35.3 Å². The molecule has 0 saturated heterocycles. The van der Waals surface area contributed by atoms with Crippen LogP contribution in [0, 0.1) is 20.8 Å². The van der Waals surface area contributed by atoms with Crippen molar-refractivity contribution in [3.8, 4) is 85.0 Å². The van der Waals surface area contributed by atoms with Crippen molar-refractivity contribution < 1.29 is 46.1 Å². The third kappa shape index (κ3) is 8.90. The summed E-state index contributed by atoms with van der Waals surface area (Å²) in [4.78, 5) is 11.8. The number of pyridine rings is 5. The fourth-order valence-corrected chi connectivity index (χ4v) is 21.5. The van der Waals surface area contributed by atoms with Crippen molar-refractivity contribution in [3.05, 3.63) is 330 Å². The zero-order chi connectivity index (χ0) is 76.4. The summed E-state index contributed by atoms with van der Waals surface area (Å²) in [6.45, 7) is 15.8. The number of rotatable bonds is 1. The SMILES string of the molecule is CC(C)c1cc2c3[n+](c1)Cc1cccc(c1-3)B1Oc3ccccc3N12.Cc1cc2c3[n+](c1)Cc1cccc(c1-3)B1Oc3ccccc3N12.Cc1cc2c3c(c1)B1Oc4ccccc4N1c1ccc[n+](c1-3)C2.Cc1ccc2c(c1)N1B(O2)c2cccc3c2-c2c1ccc[n+]2C3.c1ccc2c(c1)OB1c3cccc4c3-c3c(ccc[n+]3C4)N12. The Morgan fingerprint density at radius 1 is 0.259 bits per heavy atom. The van der Waals surface area contributed by atoms with Crippen molar-refractivity contribution in [1.29, 1.82) is 0 Å². The summed E-state index contributed by atoms with van der Waals surface area (Å²) in [7, 11) is -0.267.